The highest BCUT2D eigenvalue weighted by molar-refractivity contribution is 5.63. The molecule has 1 aromatic carbocycles. The van der Waals surface area contributed by atoms with Gasteiger partial charge in [-0.05, 0) is 25.3 Å². The van der Waals surface area contributed by atoms with Gasteiger partial charge in [-0.3, -0.25) is 0 Å². The summed E-state index contributed by atoms with van der Waals surface area (Å²) in [5.74, 6) is 1.86. The fourth-order valence-electron chi connectivity index (χ4n) is 2.69. The first kappa shape index (κ1) is 10.6. The minimum atomic E-state index is 0.599. The molecule has 2 heteroatoms. The van der Waals surface area contributed by atoms with Gasteiger partial charge in [0.15, 0.2) is 0 Å². The van der Waals surface area contributed by atoms with Gasteiger partial charge < -0.3 is 4.57 Å². The van der Waals surface area contributed by atoms with E-state index in [1.165, 1.54) is 29.8 Å². The molecule has 0 bridgehead atoms. The summed E-state index contributed by atoms with van der Waals surface area (Å²) in [4.78, 5) is 4.83. The lowest BCUT2D eigenvalue weighted by atomic mass is 10.0. The molecule has 0 aliphatic carbocycles. The van der Waals surface area contributed by atoms with E-state index in [-0.39, 0.29) is 0 Å². The second-order valence-corrected chi connectivity index (χ2v) is 5.04. The molecule has 0 N–H and O–H groups in total. The average Bonchev–Trinajstić information content (AvgIpc) is 2.75. The topological polar surface area (TPSA) is 17.8 Å². The predicted molar refractivity (Wildman–Crippen MR) is 70.0 cm³/mol. The number of hydrogen-bond donors (Lipinski definition) is 0. The molecule has 0 radical (unpaired) electrons. The normalized spacial score (nSPS) is 19.1. The van der Waals surface area contributed by atoms with Crippen molar-refractivity contribution in [2.24, 2.45) is 0 Å². The maximum absolute atomic E-state index is 4.83. The van der Waals surface area contributed by atoms with E-state index in [1.807, 2.05) is 0 Å². The van der Waals surface area contributed by atoms with Gasteiger partial charge >= 0.3 is 0 Å². The summed E-state index contributed by atoms with van der Waals surface area (Å²) in [7, 11) is 0. The fraction of sp³-hybridized carbons (Fsp3) is 0.400. The number of aryl methyl sites for hydroxylation is 2. The van der Waals surface area contributed by atoms with Crippen LogP contribution in [0, 0.1) is 6.92 Å². The molecule has 1 aliphatic rings. The number of benzene rings is 1. The van der Waals surface area contributed by atoms with Crippen LogP contribution in [0.4, 0.5) is 0 Å². The molecule has 2 nitrogen and oxygen atoms in total. The summed E-state index contributed by atoms with van der Waals surface area (Å²) in [5.41, 5.74) is 3.70. The maximum Gasteiger partial charge on any atom is 0.112 e. The van der Waals surface area contributed by atoms with Crippen molar-refractivity contribution >= 4 is 0 Å². The Morgan fingerprint density at radius 1 is 1.29 bits per heavy atom. The van der Waals surface area contributed by atoms with Gasteiger partial charge in [-0.25, -0.2) is 4.98 Å². The first-order valence-corrected chi connectivity index (χ1v) is 6.39. The van der Waals surface area contributed by atoms with Gasteiger partial charge in [-0.1, -0.05) is 31.2 Å². The van der Waals surface area contributed by atoms with Crippen LogP contribution in [-0.2, 0) is 6.54 Å². The van der Waals surface area contributed by atoms with Crippen molar-refractivity contribution in [3.8, 4) is 11.3 Å². The molecule has 0 amide bonds. The quantitative estimate of drug-likeness (QED) is 0.724. The molecule has 88 valence electrons. The molecule has 0 unspecified atom stereocenters. The largest absolute Gasteiger partial charge is 0.334 e. The van der Waals surface area contributed by atoms with Crippen molar-refractivity contribution in [3.05, 3.63) is 41.9 Å². The Morgan fingerprint density at radius 2 is 2.12 bits per heavy atom. The van der Waals surface area contributed by atoms with E-state index in [2.05, 4.69) is 48.9 Å². The van der Waals surface area contributed by atoms with Crippen LogP contribution in [0.3, 0.4) is 0 Å². The maximum atomic E-state index is 4.83. The number of aromatic nitrogens is 2. The lowest BCUT2D eigenvalue weighted by molar-refractivity contribution is 0.463. The van der Waals surface area contributed by atoms with Gasteiger partial charge in [0.05, 0.1) is 5.69 Å². The van der Waals surface area contributed by atoms with E-state index in [0.717, 1.165) is 12.2 Å². The molecule has 1 atom stereocenters. The lowest BCUT2D eigenvalue weighted by Gasteiger charge is -2.19. The Hall–Kier alpha value is -1.57. The Balaban J connectivity index is 2.08. The molecule has 2 heterocycles. The molecule has 0 saturated heterocycles. The number of nitrogens with zero attached hydrogens (tertiary/aromatic N) is 2. The Bertz CT molecular complexity index is 540. The summed E-state index contributed by atoms with van der Waals surface area (Å²) in [6, 6.07) is 8.48. The molecule has 0 fully saturated rings. The van der Waals surface area contributed by atoms with Crippen LogP contribution in [0.1, 0.15) is 37.1 Å². The molecule has 17 heavy (non-hydrogen) atoms. The molecule has 0 saturated carbocycles. The highest BCUT2D eigenvalue weighted by Crippen LogP contribution is 2.30. The fourth-order valence-corrected chi connectivity index (χ4v) is 2.69. The Kier molecular flexibility index (Phi) is 2.50. The van der Waals surface area contributed by atoms with Gasteiger partial charge in [-0.2, -0.15) is 0 Å². The van der Waals surface area contributed by atoms with Crippen molar-refractivity contribution in [2.45, 2.75) is 39.2 Å². The summed E-state index contributed by atoms with van der Waals surface area (Å²) >= 11 is 0. The summed E-state index contributed by atoms with van der Waals surface area (Å²) in [6.45, 7) is 5.55. The van der Waals surface area contributed by atoms with Crippen molar-refractivity contribution in [2.75, 3.05) is 0 Å². The van der Waals surface area contributed by atoms with Crippen molar-refractivity contribution < 1.29 is 0 Å². The van der Waals surface area contributed by atoms with Gasteiger partial charge in [-0.15, -0.1) is 0 Å². The lowest BCUT2D eigenvalue weighted by Crippen LogP contribution is -2.12. The highest BCUT2D eigenvalue weighted by Gasteiger charge is 2.19. The second kappa shape index (κ2) is 4.02. The zero-order valence-corrected chi connectivity index (χ0v) is 10.5. The first-order valence-electron chi connectivity index (χ1n) is 6.39. The van der Waals surface area contributed by atoms with Gasteiger partial charge in [0.25, 0.3) is 0 Å². The van der Waals surface area contributed by atoms with E-state index >= 15 is 0 Å². The standard InChI is InChI=1S/C15H18N2/c1-11-6-3-4-8-13(11)14-10-17-9-5-7-12(2)15(17)16-14/h3-4,6,8,10,12H,5,7,9H2,1-2H3/t12-/m0/s1. The SMILES string of the molecule is Cc1ccccc1-c1cn2c(n1)[C@@H](C)CCC2. The van der Waals surface area contributed by atoms with E-state index < -0.39 is 0 Å². The molecule has 3 rings (SSSR count). The van der Waals surface area contributed by atoms with Crippen molar-refractivity contribution in [3.63, 3.8) is 0 Å². The predicted octanol–water partition coefficient (Wildman–Crippen LogP) is 3.76. The van der Waals surface area contributed by atoms with Crippen LogP contribution in [-0.4, -0.2) is 9.55 Å². The highest BCUT2D eigenvalue weighted by atomic mass is 15.1. The third-order valence-electron chi connectivity index (χ3n) is 3.71. The zero-order chi connectivity index (χ0) is 11.8. The number of fused-ring (bicyclic) bond motifs is 1. The van der Waals surface area contributed by atoms with Crippen LogP contribution in [0.2, 0.25) is 0 Å². The number of imidazole rings is 1. The van der Waals surface area contributed by atoms with Gasteiger partial charge in [0.1, 0.15) is 5.82 Å². The number of hydrogen-bond acceptors (Lipinski definition) is 1. The average molecular weight is 226 g/mol. The molecule has 1 aromatic heterocycles. The van der Waals surface area contributed by atoms with Crippen LogP contribution < -0.4 is 0 Å². The van der Waals surface area contributed by atoms with Crippen LogP contribution in [0.25, 0.3) is 11.3 Å². The van der Waals surface area contributed by atoms with Crippen LogP contribution in [0.15, 0.2) is 30.5 Å². The zero-order valence-electron chi connectivity index (χ0n) is 10.5. The monoisotopic (exact) mass is 226 g/mol. The van der Waals surface area contributed by atoms with Crippen LogP contribution in [0.5, 0.6) is 0 Å². The minimum Gasteiger partial charge on any atom is -0.334 e. The minimum absolute atomic E-state index is 0.599. The Morgan fingerprint density at radius 3 is 2.88 bits per heavy atom. The molecule has 2 aromatic rings. The summed E-state index contributed by atoms with van der Waals surface area (Å²) in [6.07, 6.45) is 4.76. The van der Waals surface area contributed by atoms with E-state index in [0.29, 0.717) is 5.92 Å². The van der Waals surface area contributed by atoms with Gasteiger partial charge in [0.2, 0.25) is 0 Å². The second-order valence-electron chi connectivity index (χ2n) is 5.04. The summed E-state index contributed by atoms with van der Waals surface area (Å²) < 4.78 is 2.33. The van der Waals surface area contributed by atoms with E-state index in [4.69, 9.17) is 4.98 Å². The number of rotatable bonds is 1. The van der Waals surface area contributed by atoms with Crippen LogP contribution >= 0.6 is 0 Å². The molecule has 0 spiro atoms. The summed E-state index contributed by atoms with van der Waals surface area (Å²) in [5, 5.41) is 0. The third kappa shape index (κ3) is 1.78. The smallest absolute Gasteiger partial charge is 0.112 e. The van der Waals surface area contributed by atoms with Gasteiger partial charge in [0, 0.05) is 24.2 Å². The molecular weight excluding hydrogens is 208 g/mol. The van der Waals surface area contributed by atoms with E-state index in [9.17, 15) is 0 Å². The van der Waals surface area contributed by atoms with Crippen molar-refractivity contribution in [1.82, 2.24) is 9.55 Å². The Labute approximate surface area is 102 Å². The van der Waals surface area contributed by atoms with Crippen molar-refractivity contribution in [1.29, 1.82) is 0 Å². The molecule has 1 aliphatic heterocycles. The first-order chi connectivity index (χ1) is 8.25. The molecular formula is C15H18N2. The third-order valence-corrected chi connectivity index (χ3v) is 3.71. The van der Waals surface area contributed by atoms with E-state index in [1.54, 1.807) is 0 Å².